The number of nitrogens with one attached hydrogen (secondary N) is 1. The first-order valence-electron chi connectivity index (χ1n) is 9.93. The lowest BCUT2D eigenvalue weighted by atomic mass is 9.96. The molecule has 0 bridgehead atoms. The van der Waals surface area contributed by atoms with Gasteiger partial charge in [-0.15, -0.1) is 0 Å². The third-order valence-corrected chi connectivity index (χ3v) is 6.17. The number of aromatic amines is 1. The van der Waals surface area contributed by atoms with Crippen LogP contribution < -0.4 is 0 Å². The largest absolute Gasteiger partial charge is 0.396 e. The van der Waals surface area contributed by atoms with Gasteiger partial charge in [-0.05, 0) is 49.9 Å². The third kappa shape index (κ3) is 3.14. The zero-order valence-corrected chi connectivity index (χ0v) is 15.6. The molecule has 3 heterocycles. The Labute approximate surface area is 155 Å². The van der Waals surface area contributed by atoms with Crippen LogP contribution in [0.25, 0.3) is 10.9 Å². The summed E-state index contributed by atoms with van der Waals surface area (Å²) in [6.45, 7) is 6.99. The van der Waals surface area contributed by atoms with Gasteiger partial charge in [0.15, 0.2) is 0 Å². The molecule has 5 heteroatoms. The fraction of sp³-hybridized carbons (Fsp3) is 0.571. The maximum Gasteiger partial charge on any atom is 0.270 e. The molecule has 0 spiro atoms. The number of nitrogens with zero attached hydrogens (tertiary/aromatic N) is 2. The van der Waals surface area contributed by atoms with Gasteiger partial charge >= 0.3 is 0 Å². The van der Waals surface area contributed by atoms with E-state index in [0.717, 1.165) is 54.8 Å². The van der Waals surface area contributed by atoms with Crippen LogP contribution in [0, 0.1) is 11.8 Å². The van der Waals surface area contributed by atoms with Gasteiger partial charge in [-0.25, -0.2) is 0 Å². The van der Waals surface area contributed by atoms with Crippen LogP contribution in [0.5, 0.6) is 0 Å². The molecule has 1 aromatic heterocycles. The molecule has 2 unspecified atom stereocenters. The standard InChI is InChI=1S/C21H29N3O2/c1-2-17-18-7-3-4-8-19(18)22-20(17)21(26)24-12-15(16(13-24)14-25)11-23-9-5-6-10-23/h3-4,7-8,15-16,22,25H,2,5-6,9-14H2,1H3. The van der Waals surface area contributed by atoms with Crippen LogP contribution in [-0.4, -0.2) is 65.1 Å². The van der Waals surface area contributed by atoms with Gasteiger partial charge in [0.2, 0.25) is 0 Å². The Morgan fingerprint density at radius 1 is 1.19 bits per heavy atom. The first kappa shape index (κ1) is 17.6. The average molecular weight is 355 g/mol. The number of benzene rings is 1. The van der Waals surface area contributed by atoms with Crippen LogP contribution in [0.2, 0.25) is 0 Å². The number of hydrogen-bond acceptors (Lipinski definition) is 3. The van der Waals surface area contributed by atoms with Crippen molar-refractivity contribution in [2.45, 2.75) is 26.2 Å². The molecular weight excluding hydrogens is 326 g/mol. The van der Waals surface area contributed by atoms with Crippen LogP contribution in [0.1, 0.15) is 35.8 Å². The summed E-state index contributed by atoms with van der Waals surface area (Å²) < 4.78 is 0. The SMILES string of the molecule is CCc1c(C(=O)N2CC(CO)C(CN3CCCC3)C2)[nH]c2ccccc12. The van der Waals surface area contributed by atoms with E-state index in [1.807, 2.05) is 23.1 Å². The van der Waals surface area contributed by atoms with Crippen LogP contribution in [0.3, 0.4) is 0 Å². The molecule has 1 amide bonds. The van der Waals surface area contributed by atoms with E-state index in [1.165, 1.54) is 12.8 Å². The number of fused-ring (bicyclic) bond motifs is 1. The minimum Gasteiger partial charge on any atom is -0.396 e. The highest BCUT2D eigenvalue weighted by molar-refractivity contribution is 6.01. The van der Waals surface area contributed by atoms with Crippen molar-refractivity contribution in [3.8, 4) is 0 Å². The van der Waals surface area contributed by atoms with E-state index in [9.17, 15) is 9.90 Å². The molecule has 2 N–H and O–H groups in total. The van der Waals surface area contributed by atoms with E-state index >= 15 is 0 Å². The van der Waals surface area contributed by atoms with Crippen molar-refractivity contribution in [3.05, 3.63) is 35.5 Å². The van der Waals surface area contributed by atoms with E-state index in [-0.39, 0.29) is 18.4 Å². The van der Waals surface area contributed by atoms with E-state index < -0.39 is 0 Å². The Bertz CT molecular complexity index is 779. The molecule has 2 aromatic rings. The Hall–Kier alpha value is -1.85. The molecular formula is C21H29N3O2. The molecule has 2 aliphatic heterocycles. The van der Waals surface area contributed by atoms with Gasteiger partial charge in [0.05, 0.1) is 0 Å². The van der Waals surface area contributed by atoms with Crippen LogP contribution in [-0.2, 0) is 6.42 Å². The summed E-state index contributed by atoms with van der Waals surface area (Å²) in [5.41, 5.74) is 2.86. The van der Waals surface area contributed by atoms with Crippen molar-refractivity contribution in [2.24, 2.45) is 11.8 Å². The minimum atomic E-state index is 0.0837. The summed E-state index contributed by atoms with van der Waals surface area (Å²) >= 11 is 0. The summed E-state index contributed by atoms with van der Waals surface area (Å²) in [5.74, 6) is 0.644. The number of aryl methyl sites for hydroxylation is 1. The predicted octanol–water partition coefficient (Wildman–Crippen LogP) is 2.51. The monoisotopic (exact) mass is 355 g/mol. The summed E-state index contributed by atoms with van der Waals surface area (Å²) in [7, 11) is 0. The molecule has 5 nitrogen and oxygen atoms in total. The molecule has 0 aliphatic carbocycles. The third-order valence-electron chi connectivity index (χ3n) is 6.17. The summed E-state index contributed by atoms with van der Waals surface area (Å²) in [6, 6.07) is 8.13. The second-order valence-corrected chi connectivity index (χ2v) is 7.80. The fourth-order valence-electron chi connectivity index (χ4n) is 4.72. The molecule has 0 saturated carbocycles. The Morgan fingerprint density at radius 3 is 2.65 bits per heavy atom. The topological polar surface area (TPSA) is 59.6 Å². The van der Waals surface area contributed by atoms with E-state index in [0.29, 0.717) is 12.5 Å². The Morgan fingerprint density at radius 2 is 1.92 bits per heavy atom. The number of carbonyl (C=O) groups excluding carboxylic acids is 1. The maximum absolute atomic E-state index is 13.2. The van der Waals surface area contributed by atoms with Gasteiger partial charge in [0, 0.05) is 43.1 Å². The van der Waals surface area contributed by atoms with Crippen LogP contribution in [0.4, 0.5) is 0 Å². The summed E-state index contributed by atoms with van der Waals surface area (Å²) in [4.78, 5) is 21.0. The molecule has 0 radical (unpaired) electrons. The lowest BCUT2D eigenvalue weighted by Gasteiger charge is -2.22. The predicted molar refractivity (Wildman–Crippen MR) is 103 cm³/mol. The van der Waals surface area contributed by atoms with Gasteiger partial charge in [-0.2, -0.15) is 0 Å². The first-order chi connectivity index (χ1) is 12.7. The number of para-hydroxylation sites is 1. The van der Waals surface area contributed by atoms with E-state index in [1.54, 1.807) is 0 Å². The normalized spacial score (nSPS) is 24.0. The molecule has 140 valence electrons. The smallest absolute Gasteiger partial charge is 0.270 e. The summed E-state index contributed by atoms with van der Waals surface area (Å²) in [6.07, 6.45) is 3.38. The minimum absolute atomic E-state index is 0.0837. The van der Waals surface area contributed by atoms with Crippen molar-refractivity contribution in [3.63, 3.8) is 0 Å². The number of carbonyl (C=O) groups is 1. The molecule has 2 atom stereocenters. The number of aromatic nitrogens is 1. The van der Waals surface area contributed by atoms with Crippen LogP contribution in [0.15, 0.2) is 24.3 Å². The average Bonchev–Trinajstić information content (AvgIpc) is 3.39. The van der Waals surface area contributed by atoms with Gasteiger partial charge in [-0.1, -0.05) is 25.1 Å². The van der Waals surface area contributed by atoms with Crippen molar-refractivity contribution in [1.82, 2.24) is 14.8 Å². The fourth-order valence-corrected chi connectivity index (χ4v) is 4.72. The van der Waals surface area contributed by atoms with E-state index in [2.05, 4.69) is 22.9 Å². The Balaban J connectivity index is 1.54. The van der Waals surface area contributed by atoms with Gasteiger partial charge < -0.3 is 19.9 Å². The number of aliphatic hydroxyl groups excluding tert-OH is 1. The number of amides is 1. The lowest BCUT2D eigenvalue weighted by molar-refractivity contribution is 0.0773. The summed E-state index contributed by atoms with van der Waals surface area (Å²) in [5, 5.41) is 11.0. The maximum atomic E-state index is 13.2. The first-order valence-corrected chi connectivity index (χ1v) is 9.93. The number of rotatable bonds is 5. The number of hydrogen-bond donors (Lipinski definition) is 2. The molecule has 2 aliphatic rings. The van der Waals surface area contributed by atoms with Crippen molar-refractivity contribution >= 4 is 16.8 Å². The second-order valence-electron chi connectivity index (χ2n) is 7.80. The highest BCUT2D eigenvalue weighted by Crippen LogP contribution is 2.29. The Kier molecular flexibility index (Phi) is 5.00. The molecule has 4 rings (SSSR count). The molecule has 2 fully saturated rings. The van der Waals surface area contributed by atoms with Gasteiger partial charge in [0.1, 0.15) is 5.69 Å². The second kappa shape index (κ2) is 7.41. The van der Waals surface area contributed by atoms with E-state index in [4.69, 9.17) is 0 Å². The van der Waals surface area contributed by atoms with Crippen molar-refractivity contribution in [2.75, 3.05) is 39.3 Å². The van der Waals surface area contributed by atoms with Gasteiger partial charge in [0.25, 0.3) is 5.91 Å². The number of likely N-dealkylation sites (tertiary alicyclic amines) is 2. The molecule has 1 aromatic carbocycles. The lowest BCUT2D eigenvalue weighted by Crippen LogP contribution is -2.33. The van der Waals surface area contributed by atoms with Gasteiger partial charge in [-0.3, -0.25) is 4.79 Å². The van der Waals surface area contributed by atoms with Crippen molar-refractivity contribution < 1.29 is 9.90 Å². The molecule has 26 heavy (non-hydrogen) atoms. The van der Waals surface area contributed by atoms with Crippen LogP contribution >= 0.6 is 0 Å². The highest BCUT2D eigenvalue weighted by Gasteiger charge is 2.37. The number of aliphatic hydroxyl groups is 1. The quantitative estimate of drug-likeness (QED) is 0.866. The zero-order chi connectivity index (χ0) is 18.1. The molecule has 2 saturated heterocycles. The van der Waals surface area contributed by atoms with Crippen molar-refractivity contribution in [1.29, 1.82) is 0 Å². The highest BCUT2D eigenvalue weighted by atomic mass is 16.3. The number of H-pyrrole nitrogens is 1. The zero-order valence-electron chi connectivity index (χ0n) is 15.6.